The van der Waals surface area contributed by atoms with Gasteiger partial charge in [-0.1, -0.05) is 13.3 Å². The van der Waals surface area contributed by atoms with E-state index in [1.807, 2.05) is 0 Å². The zero-order valence-corrected chi connectivity index (χ0v) is 11.9. The fourth-order valence-corrected chi connectivity index (χ4v) is 1.47. The largest absolute Gasteiger partial charge is 0.466 e. The minimum absolute atomic E-state index is 0.00486. The van der Waals surface area contributed by atoms with Gasteiger partial charge in [0.1, 0.15) is 0 Å². The standard InChI is InChI=1S/C8H12F6N2.H3O4P/c1-3-4-5-16-7(11,12)6(9,10)15(2)8(16,13)14;1-5(2,3)4/h3-5H2,1-2H3;(H3,1,2,3,4). The number of rotatable bonds is 3. The van der Waals surface area contributed by atoms with E-state index in [0.29, 0.717) is 6.42 Å². The van der Waals surface area contributed by atoms with E-state index in [1.54, 1.807) is 6.92 Å². The average molecular weight is 348 g/mol. The molecule has 0 aliphatic carbocycles. The van der Waals surface area contributed by atoms with Gasteiger partial charge in [-0.25, -0.2) is 4.57 Å². The van der Waals surface area contributed by atoms with Crippen LogP contribution in [0.5, 0.6) is 0 Å². The molecule has 3 N–H and O–H groups in total. The third-order valence-electron chi connectivity index (χ3n) is 2.59. The second kappa shape index (κ2) is 6.39. The molecule has 21 heavy (non-hydrogen) atoms. The second-order valence-corrected chi connectivity index (χ2v) is 5.20. The summed E-state index contributed by atoms with van der Waals surface area (Å²) in [5.41, 5.74) is 0. The molecule has 6 nitrogen and oxygen atoms in total. The summed E-state index contributed by atoms with van der Waals surface area (Å²) >= 11 is 0. The Bertz CT molecular complexity index is 396. The number of hydrogen-bond acceptors (Lipinski definition) is 3. The minimum Gasteiger partial charge on any atom is -0.303 e. The van der Waals surface area contributed by atoms with Crippen LogP contribution in [0.25, 0.3) is 0 Å². The Morgan fingerprint density at radius 1 is 1.00 bits per heavy atom. The van der Waals surface area contributed by atoms with Gasteiger partial charge < -0.3 is 14.7 Å². The van der Waals surface area contributed by atoms with E-state index in [2.05, 4.69) is 0 Å². The Morgan fingerprint density at radius 3 is 1.62 bits per heavy atom. The molecule has 0 aromatic heterocycles. The summed E-state index contributed by atoms with van der Waals surface area (Å²) in [4.78, 5) is 19.9. The lowest BCUT2D eigenvalue weighted by Gasteiger charge is -2.27. The summed E-state index contributed by atoms with van der Waals surface area (Å²) in [6.45, 7) is 0.810. The van der Waals surface area contributed by atoms with Gasteiger partial charge in [-0.15, -0.1) is 0 Å². The molecule has 0 spiro atoms. The fourth-order valence-electron chi connectivity index (χ4n) is 1.47. The first-order valence-corrected chi connectivity index (χ1v) is 7.10. The predicted octanol–water partition coefficient (Wildman–Crippen LogP) is 1.84. The van der Waals surface area contributed by atoms with Gasteiger partial charge in [0, 0.05) is 6.54 Å². The van der Waals surface area contributed by atoms with Crippen LogP contribution in [0.3, 0.4) is 0 Å². The quantitative estimate of drug-likeness (QED) is 0.410. The normalized spacial score (nSPS) is 24.5. The van der Waals surface area contributed by atoms with Gasteiger partial charge in [0.2, 0.25) is 0 Å². The second-order valence-electron chi connectivity index (χ2n) is 4.17. The molecule has 0 unspecified atom stereocenters. The molecule has 0 aromatic carbocycles. The molecule has 0 saturated carbocycles. The predicted molar refractivity (Wildman–Crippen MR) is 58.5 cm³/mol. The van der Waals surface area contributed by atoms with Crippen molar-refractivity contribution in [3.63, 3.8) is 0 Å². The van der Waals surface area contributed by atoms with Crippen molar-refractivity contribution in [2.24, 2.45) is 0 Å². The Labute approximate surface area is 116 Å². The number of phosphoric acid groups is 1. The van der Waals surface area contributed by atoms with E-state index in [-0.39, 0.29) is 13.5 Å². The van der Waals surface area contributed by atoms with Crippen LogP contribution in [-0.2, 0) is 4.57 Å². The van der Waals surface area contributed by atoms with Crippen LogP contribution in [0.1, 0.15) is 19.8 Å². The number of nitrogens with zero attached hydrogens (tertiary/aromatic N) is 2. The summed E-state index contributed by atoms with van der Waals surface area (Å²) < 4.78 is 87.4. The third kappa shape index (κ3) is 4.54. The molecule has 1 rings (SSSR count). The maximum absolute atomic E-state index is 13.2. The highest BCUT2D eigenvalue weighted by molar-refractivity contribution is 7.45. The molecule has 1 aliphatic heterocycles. The third-order valence-corrected chi connectivity index (χ3v) is 2.59. The van der Waals surface area contributed by atoms with Gasteiger partial charge in [0.05, 0.1) is 0 Å². The van der Waals surface area contributed by atoms with E-state index < -0.39 is 42.4 Å². The van der Waals surface area contributed by atoms with Gasteiger partial charge in [0.15, 0.2) is 0 Å². The highest BCUT2D eigenvalue weighted by Gasteiger charge is 2.79. The van der Waals surface area contributed by atoms with E-state index in [4.69, 9.17) is 19.2 Å². The van der Waals surface area contributed by atoms with Crippen LogP contribution in [0.4, 0.5) is 26.3 Å². The van der Waals surface area contributed by atoms with Crippen molar-refractivity contribution in [1.29, 1.82) is 0 Å². The smallest absolute Gasteiger partial charge is 0.303 e. The van der Waals surface area contributed by atoms with Crippen LogP contribution < -0.4 is 0 Å². The molecule has 0 bridgehead atoms. The SMILES string of the molecule is CCCCN1C(F)(F)N(C)C(F)(F)C1(F)F.O=P(O)(O)O. The van der Waals surface area contributed by atoms with Crippen LogP contribution in [0, 0.1) is 0 Å². The fraction of sp³-hybridized carbons (Fsp3) is 1.00. The monoisotopic (exact) mass is 348 g/mol. The van der Waals surface area contributed by atoms with Gasteiger partial charge in [0.25, 0.3) is 0 Å². The molecule has 0 atom stereocenters. The molecule has 0 radical (unpaired) electrons. The molecule has 13 heteroatoms. The van der Waals surface area contributed by atoms with Gasteiger partial charge in [-0.3, -0.25) is 0 Å². The zero-order chi connectivity index (χ0) is 17.3. The van der Waals surface area contributed by atoms with Crippen LogP contribution in [0.2, 0.25) is 0 Å². The van der Waals surface area contributed by atoms with Crippen molar-refractivity contribution in [3.05, 3.63) is 0 Å². The summed E-state index contributed by atoms with van der Waals surface area (Å²) in [5, 5.41) is 0. The Kier molecular flexibility index (Phi) is 6.27. The van der Waals surface area contributed by atoms with E-state index in [9.17, 15) is 26.3 Å². The van der Waals surface area contributed by atoms with E-state index >= 15 is 0 Å². The molecule has 0 aromatic rings. The summed E-state index contributed by atoms with van der Waals surface area (Å²) in [5.74, 6) is 0. The number of alkyl halides is 6. The molecular weight excluding hydrogens is 333 g/mol. The summed E-state index contributed by atoms with van der Waals surface area (Å²) in [6.07, 6.45) is -3.99. The Morgan fingerprint density at radius 2 is 1.38 bits per heavy atom. The van der Waals surface area contributed by atoms with E-state index in [0.717, 1.165) is 0 Å². The first kappa shape index (κ1) is 20.6. The van der Waals surface area contributed by atoms with Crippen molar-refractivity contribution in [2.45, 2.75) is 38.0 Å². The lowest BCUT2D eigenvalue weighted by molar-refractivity contribution is -0.279. The summed E-state index contributed by atoms with van der Waals surface area (Å²) in [7, 11) is -4.36. The molecule has 1 fully saturated rings. The van der Waals surface area contributed by atoms with Gasteiger partial charge in [-0.05, 0) is 13.5 Å². The summed E-state index contributed by atoms with van der Waals surface area (Å²) in [6, 6.07) is -9.73. The molecule has 1 saturated heterocycles. The van der Waals surface area contributed by atoms with Crippen LogP contribution in [-0.4, -0.2) is 56.3 Å². The Hall–Kier alpha value is -0.390. The van der Waals surface area contributed by atoms with Crippen molar-refractivity contribution in [2.75, 3.05) is 13.6 Å². The van der Waals surface area contributed by atoms with Crippen molar-refractivity contribution in [3.8, 4) is 0 Å². The number of unbranched alkanes of at least 4 members (excludes halogenated alkanes) is 1. The van der Waals surface area contributed by atoms with Crippen molar-refractivity contribution in [1.82, 2.24) is 9.80 Å². The lowest BCUT2D eigenvalue weighted by Crippen LogP contribution is -2.50. The minimum atomic E-state index is -4.87. The number of likely N-dealkylation sites (N-methyl/N-ethyl adjacent to an activating group) is 1. The highest BCUT2D eigenvalue weighted by atomic mass is 31.2. The van der Waals surface area contributed by atoms with Crippen molar-refractivity contribution >= 4 is 7.82 Å². The Balaban J connectivity index is 0.000000690. The first-order chi connectivity index (χ1) is 9.10. The number of hydrogen-bond donors (Lipinski definition) is 3. The topological polar surface area (TPSA) is 84.2 Å². The maximum atomic E-state index is 13.2. The first-order valence-electron chi connectivity index (χ1n) is 5.53. The molecule has 0 amide bonds. The highest BCUT2D eigenvalue weighted by Crippen LogP contribution is 2.53. The van der Waals surface area contributed by atoms with Gasteiger partial charge >= 0.3 is 26.1 Å². The molecule has 1 aliphatic rings. The molecule has 128 valence electrons. The molecule has 1 heterocycles. The van der Waals surface area contributed by atoms with E-state index in [1.165, 1.54) is 0 Å². The average Bonchev–Trinajstić information content (AvgIpc) is 2.32. The zero-order valence-electron chi connectivity index (χ0n) is 11.0. The van der Waals surface area contributed by atoms with Crippen molar-refractivity contribution < 1.29 is 45.6 Å². The number of halogens is 6. The molecular formula is C8H15F6N2O4P. The van der Waals surface area contributed by atoms with Crippen LogP contribution >= 0.6 is 7.82 Å². The lowest BCUT2D eigenvalue weighted by atomic mass is 10.3. The van der Waals surface area contributed by atoms with Crippen LogP contribution in [0.15, 0.2) is 0 Å². The maximum Gasteiger partial charge on any atom is 0.466 e. The van der Waals surface area contributed by atoms with Gasteiger partial charge in [-0.2, -0.15) is 36.1 Å².